The predicted molar refractivity (Wildman–Crippen MR) is 100 cm³/mol. The summed E-state index contributed by atoms with van der Waals surface area (Å²) in [7, 11) is 0. The zero-order chi connectivity index (χ0) is 19.5. The van der Waals surface area contributed by atoms with E-state index in [1.807, 2.05) is 18.2 Å². The molecular formula is C19H21N5O4. The fraction of sp³-hybridized carbons (Fsp3) is 0.368. The molecular weight excluding hydrogens is 362 g/mol. The van der Waals surface area contributed by atoms with Crippen molar-refractivity contribution < 1.29 is 19.1 Å². The molecule has 4 rings (SSSR count). The molecule has 2 aromatic rings. The zero-order valence-electron chi connectivity index (χ0n) is 15.6. The highest BCUT2D eigenvalue weighted by Gasteiger charge is 2.24. The first-order valence-electron chi connectivity index (χ1n) is 9.09. The third-order valence-electron chi connectivity index (χ3n) is 4.81. The maximum absolute atomic E-state index is 12.7. The van der Waals surface area contributed by atoms with Gasteiger partial charge in [-0.15, -0.1) is 0 Å². The van der Waals surface area contributed by atoms with Crippen LogP contribution in [0.5, 0.6) is 11.5 Å². The summed E-state index contributed by atoms with van der Waals surface area (Å²) in [5.74, 6) is 1.91. The molecule has 0 unspecified atom stereocenters. The van der Waals surface area contributed by atoms with Crippen molar-refractivity contribution in [2.24, 2.45) is 0 Å². The summed E-state index contributed by atoms with van der Waals surface area (Å²) < 4.78 is 10.7. The van der Waals surface area contributed by atoms with Gasteiger partial charge in [0.25, 0.3) is 5.91 Å². The van der Waals surface area contributed by atoms with E-state index in [1.165, 1.54) is 6.33 Å². The Bertz CT molecular complexity index is 896. The number of hydrogen-bond acceptors (Lipinski definition) is 7. The highest BCUT2D eigenvalue weighted by molar-refractivity contribution is 5.93. The molecule has 0 atom stereocenters. The Morgan fingerprint density at radius 1 is 1.04 bits per heavy atom. The standard InChI is InChI=1S/C19H21N5O4/c1-13(25)23-4-6-24(7-5-23)19(26)15-9-18(22-11-21-15)20-10-14-2-3-16-17(8-14)28-12-27-16/h2-3,8-9,11H,4-7,10,12H2,1H3,(H,20,21,22). The Hall–Kier alpha value is -3.36. The second-order valence-corrected chi connectivity index (χ2v) is 6.63. The smallest absolute Gasteiger partial charge is 0.272 e. The first kappa shape index (κ1) is 18.0. The third-order valence-corrected chi connectivity index (χ3v) is 4.81. The zero-order valence-corrected chi connectivity index (χ0v) is 15.6. The Balaban J connectivity index is 1.37. The molecule has 1 fully saturated rings. The van der Waals surface area contributed by atoms with E-state index in [0.717, 1.165) is 17.1 Å². The van der Waals surface area contributed by atoms with Gasteiger partial charge in [0, 0.05) is 45.7 Å². The van der Waals surface area contributed by atoms with Crippen LogP contribution in [0.2, 0.25) is 0 Å². The molecule has 1 aromatic heterocycles. The lowest BCUT2D eigenvalue weighted by Crippen LogP contribution is -2.50. The summed E-state index contributed by atoms with van der Waals surface area (Å²) in [4.78, 5) is 35.9. The highest BCUT2D eigenvalue weighted by atomic mass is 16.7. The molecule has 2 aliphatic rings. The summed E-state index contributed by atoms with van der Waals surface area (Å²) in [6, 6.07) is 7.38. The van der Waals surface area contributed by atoms with Crippen molar-refractivity contribution in [1.29, 1.82) is 0 Å². The van der Waals surface area contributed by atoms with Crippen LogP contribution in [0.4, 0.5) is 5.82 Å². The van der Waals surface area contributed by atoms with Crippen molar-refractivity contribution >= 4 is 17.6 Å². The number of rotatable bonds is 4. The number of hydrogen-bond donors (Lipinski definition) is 1. The molecule has 9 nitrogen and oxygen atoms in total. The van der Waals surface area contributed by atoms with Gasteiger partial charge in [0.1, 0.15) is 17.8 Å². The van der Waals surface area contributed by atoms with Gasteiger partial charge in [0.05, 0.1) is 0 Å². The van der Waals surface area contributed by atoms with E-state index < -0.39 is 0 Å². The minimum Gasteiger partial charge on any atom is -0.454 e. The van der Waals surface area contributed by atoms with E-state index in [-0.39, 0.29) is 18.6 Å². The van der Waals surface area contributed by atoms with Crippen molar-refractivity contribution in [2.75, 3.05) is 38.3 Å². The predicted octanol–water partition coefficient (Wildman–Crippen LogP) is 1.12. The number of piperazine rings is 1. The van der Waals surface area contributed by atoms with Crippen molar-refractivity contribution in [3.05, 3.63) is 41.9 Å². The van der Waals surface area contributed by atoms with E-state index in [0.29, 0.717) is 44.2 Å². The number of anilines is 1. The SMILES string of the molecule is CC(=O)N1CCN(C(=O)c2cc(NCc3ccc4c(c3)OCO4)ncn2)CC1. The normalized spacial score (nSPS) is 15.5. The van der Waals surface area contributed by atoms with E-state index in [4.69, 9.17) is 9.47 Å². The molecule has 0 spiro atoms. The van der Waals surface area contributed by atoms with Gasteiger partial charge in [-0.3, -0.25) is 9.59 Å². The monoisotopic (exact) mass is 383 g/mol. The number of aromatic nitrogens is 2. The molecule has 0 saturated carbocycles. The number of nitrogens with zero attached hydrogens (tertiary/aromatic N) is 4. The molecule has 1 aromatic carbocycles. The molecule has 2 aliphatic heterocycles. The number of amides is 2. The molecule has 2 amide bonds. The average molecular weight is 383 g/mol. The maximum atomic E-state index is 12.7. The van der Waals surface area contributed by atoms with E-state index in [1.54, 1.807) is 22.8 Å². The molecule has 3 heterocycles. The third kappa shape index (κ3) is 3.83. The second-order valence-electron chi connectivity index (χ2n) is 6.63. The molecule has 1 N–H and O–H groups in total. The average Bonchev–Trinajstić information content (AvgIpc) is 3.20. The summed E-state index contributed by atoms with van der Waals surface area (Å²) in [5, 5.41) is 3.20. The number of fused-ring (bicyclic) bond motifs is 1. The Morgan fingerprint density at radius 3 is 2.57 bits per heavy atom. The van der Waals surface area contributed by atoms with Crippen molar-refractivity contribution in [2.45, 2.75) is 13.5 Å². The van der Waals surface area contributed by atoms with Gasteiger partial charge in [-0.25, -0.2) is 9.97 Å². The number of benzene rings is 1. The number of ether oxygens (including phenoxy) is 2. The quantitative estimate of drug-likeness (QED) is 0.845. The second kappa shape index (κ2) is 7.71. The fourth-order valence-electron chi connectivity index (χ4n) is 3.20. The Morgan fingerprint density at radius 2 is 1.79 bits per heavy atom. The van der Waals surface area contributed by atoms with Gasteiger partial charge in [0.15, 0.2) is 11.5 Å². The first-order chi connectivity index (χ1) is 13.6. The van der Waals surface area contributed by atoms with Gasteiger partial charge >= 0.3 is 0 Å². The van der Waals surface area contributed by atoms with E-state index in [9.17, 15) is 9.59 Å². The van der Waals surface area contributed by atoms with E-state index >= 15 is 0 Å². The fourth-order valence-corrected chi connectivity index (χ4v) is 3.20. The molecule has 0 bridgehead atoms. The minimum absolute atomic E-state index is 0.0316. The van der Waals surface area contributed by atoms with Gasteiger partial charge in [-0.05, 0) is 17.7 Å². The highest BCUT2D eigenvalue weighted by Crippen LogP contribution is 2.32. The van der Waals surface area contributed by atoms with Crippen molar-refractivity contribution in [1.82, 2.24) is 19.8 Å². The summed E-state index contributed by atoms with van der Waals surface area (Å²) in [6.45, 7) is 4.40. The molecule has 0 aliphatic carbocycles. The van der Waals surface area contributed by atoms with Crippen LogP contribution in [0.25, 0.3) is 0 Å². The largest absolute Gasteiger partial charge is 0.454 e. The van der Waals surface area contributed by atoms with Crippen molar-refractivity contribution in [3.63, 3.8) is 0 Å². The van der Waals surface area contributed by atoms with Crippen LogP contribution in [0.3, 0.4) is 0 Å². The van der Waals surface area contributed by atoms with Crippen LogP contribution in [0.15, 0.2) is 30.6 Å². The topological polar surface area (TPSA) is 96.9 Å². The molecule has 9 heteroatoms. The Kier molecular flexibility index (Phi) is 4.96. The van der Waals surface area contributed by atoms with Gasteiger partial charge in [-0.2, -0.15) is 0 Å². The van der Waals surface area contributed by atoms with Crippen LogP contribution in [-0.2, 0) is 11.3 Å². The lowest BCUT2D eigenvalue weighted by Gasteiger charge is -2.34. The van der Waals surface area contributed by atoms with Crippen LogP contribution in [0.1, 0.15) is 23.0 Å². The first-order valence-corrected chi connectivity index (χ1v) is 9.09. The molecule has 1 saturated heterocycles. The summed E-state index contributed by atoms with van der Waals surface area (Å²) >= 11 is 0. The molecule has 0 radical (unpaired) electrons. The number of nitrogens with one attached hydrogen (secondary N) is 1. The summed E-state index contributed by atoms with van der Waals surface area (Å²) in [5.41, 5.74) is 1.34. The van der Waals surface area contributed by atoms with Gasteiger partial charge in [-0.1, -0.05) is 6.07 Å². The van der Waals surface area contributed by atoms with Gasteiger partial charge < -0.3 is 24.6 Å². The Labute approximate surface area is 162 Å². The minimum atomic E-state index is -0.156. The van der Waals surface area contributed by atoms with Crippen molar-refractivity contribution in [3.8, 4) is 11.5 Å². The van der Waals surface area contributed by atoms with Crippen LogP contribution in [-0.4, -0.2) is 64.6 Å². The molecule has 28 heavy (non-hydrogen) atoms. The van der Waals surface area contributed by atoms with E-state index in [2.05, 4.69) is 15.3 Å². The van der Waals surface area contributed by atoms with Crippen LogP contribution >= 0.6 is 0 Å². The van der Waals surface area contributed by atoms with Crippen LogP contribution < -0.4 is 14.8 Å². The number of carbonyl (C=O) groups is 2. The number of carbonyl (C=O) groups excluding carboxylic acids is 2. The van der Waals surface area contributed by atoms with Crippen LogP contribution in [0, 0.1) is 0 Å². The lowest BCUT2D eigenvalue weighted by molar-refractivity contribution is -0.130. The summed E-state index contributed by atoms with van der Waals surface area (Å²) in [6.07, 6.45) is 1.38. The molecule has 146 valence electrons. The van der Waals surface area contributed by atoms with Gasteiger partial charge in [0.2, 0.25) is 12.7 Å². The lowest BCUT2D eigenvalue weighted by atomic mass is 10.2. The maximum Gasteiger partial charge on any atom is 0.272 e.